The van der Waals surface area contributed by atoms with E-state index in [1.54, 1.807) is 24.4 Å². The number of likely N-dealkylation sites (tertiary alicyclic amines) is 2. The van der Waals surface area contributed by atoms with E-state index < -0.39 is 11.9 Å². The fourth-order valence-corrected chi connectivity index (χ4v) is 11.4. The minimum absolute atomic E-state index is 0.145. The van der Waals surface area contributed by atoms with Gasteiger partial charge in [-0.25, -0.2) is 9.97 Å². The second-order valence-corrected chi connectivity index (χ2v) is 19.7. The molecule has 1 aliphatic carbocycles. The molecule has 0 bridgehead atoms. The highest BCUT2D eigenvalue weighted by Gasteiger charge is 2.43. The van der Waals surface area contributed by atoms with E-state index in [4.69, 9.17) is 9.97 Å². The standard InChI is InChI=1S/C51H59N13O5/c65-43-18-17-42(47(68)57-43)63-30-39-38(48(63)69)11-6-12-40(39)55-44(66)31-59-22-19-51(20-23-59)21-24-60(33-51)32-45(67)62-27-25-61(26-28-62)36-15-13-35(14-16-36)53-49-52-29-41-46(58-49)64(37-9-4-5-10-37)50(56-41)54-34-7-2-1-3-8-34/h1-3,6-8,11-16,29,37,42H,4-5,9-10,17-28,30-33H2,(H,54,56)(H,55,66)(H,52,53,58)(H,57,65,68). The van der Waals surface area contributed by atoms with Crippen molar-refractivity contribution in [2.75, 3.05) is 86.3 Å². The summed E-state index contributed by atoms with van der Waals surface area (Å²) in [5.74, 6) is 0.299. The van der Waals surface area contributed by atoms with Crippen LogP contribution in [0.15, 0.2) is 79.0 Å². The summed E-state index contributed by atoms with van der Waals surface area (Å²) in [5.41, 5.74) is 6.47. The Morgan fingerprint density at radius 2 is 1.49 bits per heavy atom. The van der Waals surface area contributed by atoms with Crippen molar-refractivity contribution in [3.05, 3.63) is 90.1 Å². The third-order valence-electron chi connectivity index (χ3n) is 15.3. The van der Waals surface area contributed by atoms with Crippen molar-refractivity contribution in [1.29, 1.82) is 0 Å². The van der Waals surface area contributed by atoms with Gasteiger partial charge in [0.2, 0.25) is 35.5 Å². The number of benzene rings is 3. The van der Waals surface area contributed by atoms with Crippen molar-refractivity contribution in [3.8, 4) is 0 Å². The number of nitrogens with one attached hydrogen (secondary N) is 4. The van der Waals surface area contributed by atoms with Crippen LogP contribution in [-0.2, 0) is 25.7 Å². The number of imide groups is 1. The number of nitrogens with zero attached hydrogens (tertiary/aromatic N) is 9. The third-order valence-corrected chi connectivity index (χ3v) is 15.3. The summed E-state index contributed by atoms with van der Waals surface area (Å²) in [6, 6.07) is 23.3. The SMILES string of the molecule is O=C1CCC(N2Cc3c(NC(=O)CN4CCC5(CC4)CCN(CC(=O)N4CCN(c6ccc(Nc7ncc8nc(Nc9ccccc9)n(C9CCCC9)c8n7)cc6)CC4)C5)cccc3C2=O)C(=O)N1. The molecule has 1 saturated carbocycles. The predicted octanol–water partition coefficient (Wildman–Crippen LogP) is 5.26. The molecule has 7 heterocycles. The molecule has 69 heavy (non-hydrogen) atoms. The highest BCUT2D eigenvalue weighted by molar-refractivity contribution is 6.07. The fourth-order valence-electron chi connectivity index (χ4n) is 11.4. The topological polar surface area (TPSA) is 193 Å². The first-order valence-corrected chi connectivity index (χ1v) is 24.6. The quantitative estimate of drug-likeness (QED) is 0.119. The Morgan fingerprint density at radius 3 is 2.25 bits per heavy atom. The minimum Gasteiger partial charge on any atom is -0.368 e. The molecule has 18 nitrogen and oxygen atoms in total. The van der Waals surface area contributed by atoms with Gasteiger partial charge in [0, 0.05) is 85.6 Å². The number of hydrogen-bond acceptors (Lipinski definition) is 13. The van der Waals surface area contributed by atoms with Crippen LogP contribution in [0.2, 0.25) is 0 Å². The number of carbonyl (C=O) groups is 5. The monoisotopic (exact) mass is 933 g/mol. The number of para-hydroxylation sites is 1. The summed E-state index contributed by atoms with van der Waals surface area (Å²) in [6.07, 6.45) is 9.84. The average molecular weight is 934 g/mol. The van der Waals surface area contributed by atoms with Gasteiger partial charge in [-0.15, -0.1) is 0 Å². The van der Waals surface area contributed by atoms with Crippen molar-refractivity contribution in [2.45, 2.75) is 76.4 Å². The molecule has 5 fully saturated rings. The van der Waals surface area contributed by atoms with Crippen LogP contribution in [0.5, 0.6) is 0 Å². The molecule has 5 aromatic rings. The van der Waals surface area contributed by atoms with Crippen molar-refractivity contribution >= 4 is 75.3 Å². The van der Waals surface area contributed by atoms with E-state index in [1.807, 2.05) is 35.2 Å². The third kappa shape index (κ3) is 9.34. The number of imidazole rings is 1. The Hall–Kier alpha value is -6.92. The molecule has 4 saturated heterocycles. The summed E-state index contributed by atoms with van der Waals surface area (Å²) in [5, 5.41) is 12.3. The van der Waals surface area contributed by atoms with Gasteiger partial charge in [0.15, 0.2) is 5.65 Å². The molecule has 1 spiro atoms. The molecular weight excluding hydrogens is 875 g/mol. The van der Waals surface area contributed by atoms with Crippen molar-refractivity contribution in [3.63, 3.8) is 0 Å². The molecule has 1 atom stereocenters. The molecule has 11 rings (SSSR count). The molecule has 2 aromatic heterocycles. The molecule has 5 aliphatic heterocycles. The highest BCUT2D eigenvalue weighted by atomic mass is 16.2. The highest BCUT2D eigenvalue weighted by Crippen LogP contribution is 2.41. The molecule has 0 radical (unpaired) electrons. The molecular formula is C51H59N13O5. The summed E-state index contributed by atoms with van der Waals surface area (Å²) < 4.78 is 2.25. The summed E-state index contributed by atoms with van der Waals surface area (Å²) in [6.45, 7) is 7.15. The lowest BCUT2D eigenvalue weighted by Gasteiger charge is -2.39. The number of aromatic nitrogens is 4. The maximum Gasteiger partial charge on any atom is 0.255 e. The van der Waals surface area contributed by atoms with E-state index in [9.17, 15) is 24.0 Å². The number of anilines is 6. The van der Waals surface area contributed by atoms with E-state index in [1.165, 1.54) is 17.7 Å². The van der Waals surface area contributed by atoms with Crippen LogP contribution in [0.25, 0.3) is 11.2 Å². The molecule has 358 valence electrons. The first-order chi connectivity index (χ1) is 33.6. The zero-order valence-electron chi connectivity index (χ0n) is 38.9. The zero-order chi connectivity index (χ0) is 47.1. The van der Waals surface area contributed by atoms with E-state index >= 15 is 0 Å². The van der Waals surface area contributed by atoms with Crippen molar-refractivity contribution in [1.82, 2.24) is 44.4 Å². The molecule has 5 amide bonds. The van der Waals surface area contributed by atoms with E-state index in [-0.39, 0.29) is 55.0 Å². The summed E-state index contributed by atoms with van der Waals surface area (Å²) in [4.78, 5) is 89.3. The van der Waals surface area contributed by atoms with Crippen LogP contribution in [0.4, 0.5) is 34.6 Å². The van der Waals surface area contributed by atoms with Crippen LogP contribution < -0.4 is 26.2 Å². The largest absolute Gasteiger partial charge is 0.368 e. The van der Waals surface area contributed by atoms with Gasteiger partial charge in [0.25, 0.3) is 5.91 Å². The average Bonchev–Trinajstić information content (AvgIpc) is 4.17. The van der Waals surface area contributed by atoms with Gasteiger partial charge in [0.05, 0.1) is 19.3 Å². The maximum atomic E-state index is 13.6. The molecule has 1 unspecified atom stereocenters. The van der Waals surface area contributed by atoms with Crippen molar-refractivity contribution in [2.24, 2.45) is 5.41 Å². The normalized spacial score (nSPS) is 21.0. The Morgan fingerprint density at radius 1 is 0.754 bits per heavy atom. The molecule has 3 aromatic carbocycles. The Kier molecular flexibility index (Phi) is 12.2. The van der Waals surface area contributed by atoms with E-state index in [0.29, 0.717) is 48.4 Å². The lowest BCUT2D eigenvalue weighted by Crippen LogP contribution is -2.52. The molecule has 4 N–H and O–H groups in total. The van der Waals surface area contributed by atoms with Gasteiger partial charge in [-0.3, -0.25) is 43.7 Å². The number of hydrogen-bond donors (Lipinski definition) is 4. The Labute approximate surface area is 400 Å². The minimum atomic E-state index is -0.713. The predicted molar refractivity (Wildman–Crippen MR) is 261 cm³/mol. The number of piperidine rings is 2. The number of rotatable bonds is 12. The summed E-state index contributed by atoms with van der Waals surface area (Å²) in [7, 11) is 0. The van der Waals surface area contributed by atoms with Crippen LogP contribution in [0.1, 0.15) is 79.8 Å². The Balaban J connectivity index is 0.626. The fraction of sp³-hybridized carbons (Fsp3) is 0.451. The summed E-state index contributed by atoms with van der Waals surface area (Å²) >= 11 is 0. The number of piperazine rings is 1. The second-order valence-electron chi connectivity index (χ2n) is 19.7. The number of carbonyl (C=O) groups excluding carboxylic acids is 5. The first-order valence-electron chi connectivity index (χ1n) is 24.6. The van der Waals surface area contributed by atoms with E-state index in [0.717, 1.165) is 106 Å². The van der Waals surface area contributed by atoms with Crippen LogP contribution >= 0.6 is 0 Å². The van der Waals surface area contributed by atoms with Crippen LogP contribution in [0, 0.1) is 5.41 Å². The van der Waals surface area contributed by atoms with Gasteiger partial charge >= 0.3 is 0 Å². The smallest absolute Gasteiger partial charge is 0.255 e. The van der Waals surface area contributed by atoms with E-state index in [2.05, 4.69) is 69.8 Å². The van der Waals surface area contributed by atoms with Gasteiger partial charge in [0.1, 0.15) is 11.6 Å². The zero-order valence-corrected chi connectivity index (χ0v) is 38.9. The van der Waals surface area contributed by atoms with Crippen LogP contribution in [-0.4, -0.2) is 140 Å². The second kappa shape index (κ2) is 18.9. The van der Waals surface area contributed by atoms with Gasteiger partial charge in [-0.05, 0) is 112 Å². The molecule has 18 heteroatoms. The van der Waals surface area contributed by atoms with Gasteiger partial charge in [-0.2, -0.15) is 4.98 Å². The molecule has 6 aliphatic rings. The Bertz CT molecular complexity index is 2760. The number of amides is 5. The first kappa shape index (κ1) is 44.6. The van der Waals surface area contributed by atoms with Crippen LogP contribution in [0.3, 0.4) is 0 Å². The van der Waals surface area contributed by atoms with Gasteiger partial charge < -0.3 is 30.7 Å². The lowest BCUT2D eigenvalue weighted by atomic mass is 9.78. The number of fused-ring (bicyclic) bond motifs is 2. The van der Waals surface area contributed by atoms with Gasteiger partial charge in [-0.1, -0.05) is 37.1 Å². The van der Waals surface area contributed by atoms with Crippen molar-refractivity contribution < 1.29 is 24.0 Å². The lowest BCUT2D eigenvalue weighted by molar-refractivity contribution is -0.137. The maximum absolute atomic E-state index is 13.6.